The van der Waals surface area contributed by atoms with Gasteiger partial charge in [0, 0.05) is 42.3 Å². The Morgan fingerprint density at radius 3 is 2.83 bits per heavy atom. The summed E-state index contributed by atoms with van der Waals surface area (Å²) in [4.78, 5) is 3.40. The van der Waals surface area contributed by atoms with Crippen molar-refractivity contribution in [1.29, 1.82) is 0 Å². The summed E-state index contributed by atoms with van der Waals surface area (Å²) in [5.41, 5.74) is 0. The summed E-state index contributed by atoms with van der Waals surface area (Å²) >= 11 is 1.70. The SMILES string of the molecule is OC(CN1CCNCC1)c1cc2ccccc2s1. The van der Waals surface area contributed by atoms with Crippen LogP contribution in [-0.2, 0) is 0 Å². The lowest BCUT2D eigenvalue weighted by molar-refractivity contribution is 0.108. The van der Waals surface area contributed by atoms with E-state index in [1.54, 1.807) is 11.3 Å². The molecule has 2 aromatic rings. The molecular weight excluding hydrogens is 244 g/mol. The van der Waals surface area contributed by atoms with Gasteiger partial charge < -0.3 is 10.4 Å². The highest BCUT2D eigenvalue weighted by Gasteiger charge is 2.17. The van der Waals surface area contributed by atoms with Gasteiger partial charge >= 0.3 is 0 Å². The van der Waals surface area contributed by atoms with E-state index in [1.165, 1.54) is 10.1 Å². The van der Waals surface area contributed by atoms with Crippen LogP contribution in [0.25, 0.3) is 10.1 Å². The average Bonchev–Trinajstić information content (AvgIpc) is 2.84. The number of aliphatic hydroxyl groups is 1. The minimum absolute atomic E-state index is 0.361. The lowest BCUT2D eigenvalue weighted by atomic mass is 10.2. The molecular formula is C14H18N2OS. The maximum absolute atomic E-state index is 10.3. The molecule has 0 spiro atoms. The molecule has 1 aromatic heterocycles. The monoisotopic (exact) mass is 262 g/mol. The number of nitrogens with one attached hydrogen (secondary N) is 1. The molecule has 0 saturated carbocycles. The zero-order chi connectivity index (χ0) is 12.4. The van der Waals surface area contributed by atoms with Crippen LogP contribution in [0.4, 0.5) is 0 Å². The number of hydrogen-bond acceptors (Lipinski definition) is 4. The molecule has 2 heterocycles. The molecule has 1 saturated heterocycles. The summed E-state index contributed by atoms with van der Waals surface area (Å²) in [6.07, 6.45) is -0.361. The molecule has 96 valence electrons. The highest BCUT2D eigenvalue weighted by Crippen LogP contribution is 2.30. The van der Waals surface area contributed by atoms with Gasteiger partial charge in [-0.25, -0.2) is 0 Å². The first-order valence-electron chi connectivity index (χ1n) is 6.42. The van der Waals surface area contributed by atoms with E-state index in [0.29, 0.717) is 0 Å². The number of thiophene rings is 1. The predicted octanol–water partition coefficient (Wildman–Crippen LogP) is 1.84. The van der Waals surface area contributed by atoms with Gasteiger partial charge in [-0.2, -0.15) is 0 Å². The number of fused-ring (bicyclic) bond motifs is 1. The number of aliphatic hydroxyl groups excluding tert-OH is 1. The van der Waals surface area contributed by atoms with Gasteiger partial charge in [0.25, 0.3) is 0 Å². The molecule has 3 nitrogen and oxygen atoms in total. The van der Waals surface area contributed by atoms with Crippen molar-refractivity contribution in [3.63, 3.8) is 0 Å². The molecule has 0 radical (unpaired) electrons. The number of β-amino-alcohol motifs (C(OH)–C–C–N with tert-alkyl or cyclic N) is 1. The van der Waals surface area contributed by atoms with Gasteiger partial charge in [-0.15, -0.1) is 11.3 Å². The maximum atomic E-state index is 10.3. The van der Waals surface area contributed by atoms with E-state index in [2.05, 4.69) is 28.4 Å². The van der Waals surface area contributed by atoms with E-state index in [0.717, 1.165) is 37.6 Å². The van der Waals surface area contributed by atoms with Gasteiger partial charge in [-0.05, 0) is 17.5 Å². The number of rotatable bonds is 3. The Kier molecular flexibility index (Phi) is 3.61. The molecule has 0 aliphatic carbocycles. The molecule has 1 aromatic carbocycles. The Morgan fingerprint density at radius 1 is 1.28 bits per heavy atom. The molecule has 4 heteroatoms. The van der Waals surface area contributed by atoms with Gasteiger partial charge in [-0.3, -0.25) is 4.90 Å². The Bertz CT molecular complexity index is 486. The van der Waals surface area contributed by atoms with Crippen molar-refractivity contribution >= 4 is 21.4 Å². The van der Waals surface area contributed by atoms with Crippen molar-refractivity contribution in [2.45, 2.75) is 6.10 Å². The summed E-state index contributed by atoms with van der Waals surface area (Å²) < 4.78 is 1.26. The van der Waals surface area contributed by atoms with Crippen LogP contribution in [0.5, 0.6) is 0 Å². The van der Waals surface area contributed by atoms with Crippen molar-refractivity contribution in [3.05, 3.63) is 35.2 Å². The molecule has 0 amide bonds. The normalized spacial score (nSPS) is 19.2. The van der Waals surface area contributed by atoms with Crippen LogP contribution in [0, 0.1) is 0 Å². The molecule has 1 fully saturated rings. The number of nitrogens with zero attached hydrogens (tertiary/aromatic N) is 1. The zero-order valence-electron chi connectivity index (χ0n) is 10.3. The fourth-order valence-electron chi connectivity index (χ4n) is 2.39. The molecule has 1 aliphatic rings. The van der Waals surface area contributed by atoms with Crippen LogP contribution in [0.3, 0.4) is 0 Å². The molecule has 0 bridgehead atoms. The Balaban J connectivity index is 1.72. The van der Waals surface area contributed by atoms with Crippen molar-refractivity contribution in [1.82, 2.24) is 10.2 Å². The van der Waals surface area contributed by atoms with Crippen molar-refractivity contribution < 1.29 is 5.11 Å². The minimum Gasteiger partial charge on any atom is -0.386 e. The molecule has 1 aliphatic heterocycles. The van der Waals surface area contributed by atoms with E-state index in [1.807, 2.05) is 12.1 Å². The van der Waals surface area contributed by atoms with Crippen LogP contribution < -0.4 is 5.32 Å². The summed E-state index contributed by atoms with van der Waals surface area (Å²) in [5, 5.41) is 14.9. The van der Waals surface area contributed by atoms with E-state index >= 15 is 0 Å². The number of piperazine rings is 1. The van der Waals surface area contributed by atoms with Crippen molar-refractivity contribution in [2.24, 2.45) is 0 Å². The van der Waals surface area contributed by atoms with Crippen LogP contribution in [0.2, 0.25) is 0 Å². The second kappa shape index (κ2) is 5.36. The van der Waals surface area contributed by atoms with E-state index in [4.69, 9.17) is 0 Å². The second-order valence-corrected chi connectivity index (χ2v) is 5.87. The molecule has 3 rings (SSSR count). The lowest BCUT2D eigenvalue weighted by Gasteiger charge is -2.28. The fourth-order valence-corrected chi connectivity index (χ4v) is 3.44. The third-order valence-electron chi connectivity index (χ3n) is 3.41. The largest absolute Gasteiger partial charge is 0.386 e. The molecule has 1 atom stereocenters. The first-order chi connectivity index (χ1) is 8.83. The first-order valence-corrected chi connectivity index (χ1v) is 7.24. The van der Waals surface area contributed by atoms with E-state index in [-0.39, 0.29) is 6.10 Å². The Hall–Kier alpha value is -0.940. The second-order valence-electron chi connectivity index (χ2n) is 4.75. The lowest BCUT2D eigenvalue weighted by Crippen LogP contribution is -2.44. The van der Waals surface area contributed by atoms with Gasteiger partial charge in [0.05, 0.1) is 0 Å². The summed E-state index contributed by atoms with van der Waals surface area (Å²) in [6.45, 7) is 4.86. The summed E-state index contributed by atoms with van der Waals surface area (Å²) in [6, 6.07) is 10.4. The van der Waals surface area contributed by atoms with Gasteiger partial charge in [0.2, 0.25) is 0 Å². The third-order valence-corrected chi connectivity index (χ3v) is 4.63. The molecule has 18 heavy (non-hydrogen) atoms. The van der Waals surface area contributed by atoms with Crippen LogP contribution >= 0.6 is 11.3 Å². The van der Waals surface area contributed by atoms with Crippen molar-refractivity contribution in [2.75, 3.05) is 32.7 Å². The Morgan fingerprint density at radius 2 is 2.06 bits per heavy atom. The number of hydrogen-bond donors (Lipinski definition) is 2. The van der Waals surface area contributed by atoms with Crippen LogP contribution in [0.1, 0.15) is 11.0 Å². The topological polar surface area (TPSA) is 35.5 Å². The van der Waals surface area contributed by atoms with Crippen LogP contribution in [-0.4, -0.2) is 42.7 Å². The minimum atomic E-state index is -0.361. The Labute approximate surface area is 111 Å². The van der Waals surface area contributed by atoms with Crippen molar-refractivity contribution in [3.8, 4) is 0 Å². The highest BCUT2D eigenvalue weighted by molar-refractivity contribution is 7.19. The maximum Gasteiger partial charge on any atom is 0.101 e. The van der Waals surface area contributed by atoms with E-state index < -0.39 is 0 Å². The molecule has 2 N–H and O–H groups in total. The van der Waals surface area contributed by atoms with Gasteiger partial charge in [0.1, 0.15) is 6.10 Å². The smallest absolute Gasteiger partial charge is 0.101 e. The van der Waals surface area contributed by atoms with Crippen LogP contribution in [0.15, 0.2) is 30.3 Å². The quantitative estimate of drug-likeness (QED) is 0.886. The average molecular weight is 262 g/mol. The summed E-state index contributed by atoms with van der Waals surface area (Å²) in [5.74, 6) is 0. The summed E-state index contributed by atoms with van der Waals surface area (Å²) in [7, 11) is 0. The van der Waals surface area contributed by atoms with Gasteiger partial charge in [0.15, 0.2) is 0 Å². The predicted molar refractivity (Wildman–Crippen MR) is 76.1 cm³/mol. The third kappa shape index (κ3) is 2.57. The zero-order valence-corrected chi connectivity index (χ0v) is 11.1. The fraction of sp³-hybridized carbons (Fsp3) is 0.429. The molecule has 1 unspecified atom stereocenters. The number of benzene rings is 1. The van der Waals surface area contributed by atoms with E-state index in [9.17, 15) is 5.11 Å². The first kappa shape index (κ1) is 12.1. The van der Waals surface area contributed by atoms with Gasteiger partial charge in [-0.1, -0.05) is 18.2 Å². The standard InChI is InChI=1S/C14H18N2OS/c17-12(10-16-7-5-15-6-8-16)14-9-11-3-1-2-4-13(11)18-14/h1-4,9,12,15,17H,5-8,10H2. The highest BCUT2D eigenvalue weighted by atomic mass is 32.1.